The fourth-order valence-electron chi connectivity index (χ4n) is 4.54. The molecule has 0 atom stereocenters. The zero-order valence-corrected chi connectivity index (χ0v) is 21.9. The Kier molecular flexibility index (Phi) is 8.15. The van der Waals surface area contributed by atoms with E-state index >= 15 is 0 Å². The third kappa shape index (κ3) is 5.33. The number of carbonyl (C=O) groups is 2. The Balaban J connectivity index is 1.93. The molecule has 2 aromatic heterocycles. The molecule has 0 saturated carbocycles. The summed E-state index contributed by atoms with van der Waals surface area (Å²) in [6.07, 6.45) is 0. The highest BCUT2D eigenvalue weighted by molar-refractivity contribution is 7.99. The fraction of sp³-hybridized carbons (Fsp3) is 0.462. The van der Waals surface area contributed by atoms with E-state index in [-0.39, 0.29) is 22.9 Å². The number of ketones is 2. The SMILES string of the molecule is CC(=O)c1c(C)[nH]c(C(=O)CSc2nc3ccccc3c(=O)n2CCN(C(C)C)C(C)C)c1C. The summed E-state index contributed by atoms with van der Waals surface area (Å²) in [4.78, 5) is 48.5. The Morgan fingerprint density at radius 1 is 1.12 bits per heavy atom. The molecule has 34 heavy (non-hydrogen) atoms. The highest BCUT2D eigenvalue weighted by Gasteiger charge is 2.21. The molecule has 0 bridgehead atoms. The van der Waals surface area contributed by atoms with E-state index in [2.05, 4.69) is 37.6 Å². The molecule has 0 fully saturated rings. The van der Waals surface area contributed by atoms with E-state index in [1.54, 1.807) is 24.5 Å². The van der Waals surface area contributed by atoms with E-state index in [9.17, 15) is 14.4 Å². The van der Waals surface area contributed by atoms with Crippen molar-refractivity contribution in [3.05, 3.63) is 57.1 Å². The molecule has 0 aliphatic carbocycles. The van der Waals surface area contributed by atoms with Crippen LogP contribution in [0, 0.1) is 13.8 Å². The zero-order chi connectivity index (χ0) is 25.2. The Bertz CT molecular complexity index is 1270. The van der Waals surface area contributed by atoms with Crippen LogP contribution in [0.4, 0.5) is 0 Å². The summed E-state index contributed by atoms with van der Waals surface area (Å²) in [5.74, 6) is -0.0815. The highest BCUT2D eigenvalue weighted by atomic mass is 32.2. The van der Waals surface area contributed by atoms with Gasteiger partial charge in [0.15, 0.2) is 16.7 Å². The van der Waals surface area contributed by atoms with Crippen LogP contribution < -0.4 is 5.56 Å². The number of Topliss-reactive ketones (excluding diaryl/α,β-unsaturated/α-hetero) is 2. The molecule has 0 amide bonds. The topological polar surface area (TPSA) is 88.1 Å². The summed E-state index contributed by atoms with van der Waals surface area (Å²) in [5, 5.41) is 1.10. The number of nitrogens with one attached hydrogen (secondary N) is 1. The number of H-pyrrole nitrogens is 1. The van der Waals surface area contributed by atoms with Crippen LogP contribution in [0.3, 0.4) is 0 Å². The van der Waals surface area contributed by atoms with Crippen molar-refractivity contribution in [1.29, 1.82) is 0 Å². The monoisotopic (exact) mass is 482 g/mol. The highest BCUT2D eigenvalue weighted by Crippen LogP contribution is 2.23. The Morgan fingerprint density at radius 3 is 2.35 bits per heavy atom. The number of rotatable bonds is 10. The van der Waals surface area contributed by atoms with Gasteiger partial charge in [-0.2, -0.15) is 0 Å². The lowest BCUT2D eigenvalue weighted by Gasteiger charge is -2.30. The summed E-state index contributed by atoms with van der Waals surface area (Å²) in [5.41, 5.74) is 2.89. The molecule has 8 heteroatoms. The van der Waals surface area contributed by atoms with Crippen molar-refractivity contribution in [1.82, 2.24) is 19.4 Å². The molecule has 182 valence electrons. The van der Waals surface area contributed by atoms with Crippen LogP contribution in [0.15, 0.2) is 34.2 Å². The van der Waals surface area contributed by atoms with Crippen molar-refractivity contribution in [3.8, 4) is 0 Å². The normalized spacial score (nSPS) is 11.8. The number of hydrogen-bond donors (Lipinski definition) is 1. The van der Waals surface area contributed by atoms with Gasteiger partial charge >= 0.3 is 0 Å². The van der Waals surface area contributed by atoms with Gasteiger partial charge in [0, 0.05) is 36.4 Å². The summed E-state index contributed by atoms with van der Waals surface area (Å²) >= 11 is 1.26. The molecular formula is C26H34N4O3S. The first-order valence-electron chi connectivity index (χ1n) is 11.6. The molecule has 3 aromatic rings. The average molecular weight is 483 g/mol. The second kappa shape index (κ2) is 10.7. The van der Waals surface area contributed by atoms with Gasteiger partial charge in [0.05, 0.1) is 22.3 Å². The Labute approximate surface area is 205 Å². The molecule has 0 saturated heterocycles. The second-order valence-corrected chi connectivity index (χ2v) is 10.1. The molecule has 3 rings (SSSR count). The van der Waals surface area contributed by atoms with Crippen molar-refractivity contribution in [3.63, 3.8) is 0 Å². The number of thioether (sulfide) groups is 1. The van der Waals surface area contributed by atoms with Crippen LogP contribution in [0.2, 0.25) is 0 Å². The van der Waals surface area contributed by atoms with Gasteiger partial charge in [0.25, 0.3) is 5.56 Å². The number of hydrogen-bond acceptors (Lipinski definition) is 6. The minimum atomic E-state index is -0.127. The molecule has 1 aromatic carbocycles. The lowest BCUT2D eigenvalue weighted by molar-refractivity contribution is 0.101. The molecule has 1 N–H and O–H groups in total. The molecule has 2 heterocycles. The largest absolute Gasteiger partial charge is 0.355 e. The number of benzene rings is 1. The van der Waals surface area contributed by atoms with E-state index < -0.39 is 0 Å². The van der Waals surface area contributed by atoms with Crippen LogP contribution in [0.5, 0.6) is 0 Å². The third-order valence-electron chi connectivity index (χ3n) is 6.14. The predicted molar refractivity (Wildman–Crippen MR) is 138 cm³/mol. The van der Waals surface area contributed by atoms with Crippen molar-refractivity contribution in [2.75, 3.05) is 12.3 Å². The van der Waals surface area contributed by atoms with Crippen molar-refractivity contribution < 1.29 is 9.59 Å². The Hall–Kier alpha value is -2.71. The first kappa shape index (κ1) is 25.9. The van der Waals surface area contributed by atoms with E-state index in [0.29, 0.717) is 63.7 Å². The maximum absolute atomic E-state index is 13.4. The minimum Gasteiger partial charge on any atom is -0.355 e. The van der Waals surface area contributed by atoms with Gasteiger partial charge in [0.1, 0.15) is 0 Å². The molecule has 0 radical (unpaired) electrons. The van der Waals surface area contributed by atoms with E-state index in [0.717, 1.165) is 0 Å². The van der Waals surface area contributed by atoms with Gasteiger partial charge in [0.2, 0.25) is 0 Å². The average Bonchev–Trinajstić information content (AvgIpc) is 3.07. The van der Waals surface area contributed by atoms with Crippen LogP contribution in [-0.4, -0.2) is 55.4 Å². The van der Waals surface area contributed by atoms with Crippen molar-refractivity contribution in [2.24, 2.45) is 0 Å². The predicted octanol–water partition coefficient (Wildman–Crippen LogP) is 4.64. The lowest BCUT2D eigenvalue weighted by atomic mass is 10.1. The van der Waals surface area contributed by atoms with E-state index in [1.807, 2.05) is 18.2 Å². The summed E-state index contributed by atoms with van der Waals surface area (Å²) in [6.45, 7) is 14.9. The maximum atomic E-state index is 13.4. The fourth-order valence-corrected chi connectivity index (χ4v) is 5.44. The summed E-state index contributed by atoms with van der Waals surface area (Å²) in [7, 11) is 0. The van der Waals surface area contributed by atoms with Crippen LogP contribution >= 0.6 is 11.8 Å². The van der Waals surface area contributed by atoms with Gasteiger partial charge in [-0.15, -0.1) is 0 Å². The van der Waals surface area contributed by atoms with Gasteiger partial charge < -0.3 is 4.98 Å². The summed E-state index contributed by atoms with van der Waals surface area (Å²) in [6, 6.07) is 7.99. The van der Waals surface area contributed by atoms with Gasteiger partial charge in [-0.3, -0.25) is 23.9 Å². The number of aromatic amines is 1. The van der Waals surface area contributed by atoms with Gasteiger partial charge in [-0.25, -0.2) is 4.98 Å². The smallest absolute Gasteiger partial charge is 0.262 e. The standard InChI is InChI=1S/C26H34N4O3S/c1-15(2)29(16(3)4)12-13-30-25(33)20-10-8-9-11-21(20)28-26(30)34-14-22(32)24-17(5)23(19(7)31)18(6)27-24/h8-11,15-16,27H,12-14H2,1-7H3. The molecular weight excluding hydrogens is 448 g/mol. The van der Waals surface area contributed by atoms with Crippen LogP contribution in [-0.2, 0) is 6.54 Å². The molecule has 0 spiro atoms. The molecule has 0 aliphatic rings. The van der Waals surface area contributed by atoms with Gasteiger partial charge in [-0.05, 0) is 66.2 Å². The Morgan fingerprint density at radius 2 is 1.76 bits per heavy atom. The zero-order valence-electron chi connectivity index (χ0n) is 21.1. The van der Waals surface area contributed by atoms with Crippen LogP contribution in [0.25, 0.3) is 10.9 Å². The van der Waals surface area contributed by atoms with Gasteiger partial charge in [-0.1, -0.05) is 23.9 Å². The summed E-state index contributed by atoms with van der Waals surface area (Å²) < 4.78 is 1.69. The number of aryl methyl sites for hydroxylation is 1. The van der Waals surface area contributed by atoms with Crippen molar-refractivity contribution in [2.45, 2.75) is 72.3 Å². The minimum absolute atomic E-state index is 0.0668. The van der Waals surface area contributed by atoms with Crippen LogP contribution in [0.1, 0.15) is 66.7 Å². The number of para-hydroxylation sites is 1. The first-order valence-corrected chi connectivity index (χ1v) is 12.6. The number of nitrogens with zero attached hydrogens (tertiary/aromatic N) is 3. The lowest BCUT2D eigenvalue weighted by Crippen LogP contribution is -2.40. The molecule has 7 nitrogen and oxygen atoms in total. The molecule has 0 aliphatic heterocycles. The van der Waals surface area contributed by atoms with Crippen molar-refractivity contribution >= 4 is 34.2 Å². The quantitative estimate of drug-likeness (QED) is 0.257. The number of carbonyl (C=O) groups excluding carboxylic acids is 2. The van der Waals surface area contributed by atoms with E-state index in [1.165, 1.54) is 18.7 Å². The maximum Gasteiger partial charge on any atom is 0.262 e. The van der Waals surface area contributed by atoms with E-state index in [4.69, 9.17) is 4.98 Å². The number of fused-ring (bicyclic) bond motifs is 1. The third-order valence-corrected chi connectivity index (χ3v) is 7.11. The second-order valence-electron chi connectivity index (χ2n) is 9.19. The number of aromatic nitrogens is 3. The first-order chi connectivity index (χ1) is 16.0. The molecule has 0 unspecified atom stereocenters.